The molecule has 2 heterocycles. The van der Waals surface area contributed by atoms with Crippen LogP contribution in [0.15, 0.2) is 16.9 Å². The van der Waals surface area contributed by atoms with Gasteiger partial charge in [0.15, 0.2) is 15.7 Å². The summed E-state index contributed by atoms with van der Waals surface area (Å²) in [5.41, 5.74) is 0. The van der Waals surface area contributed by atoms with Gasteiger partial charge in [-0.25, -0.2) is 13.2 Å². The van der Waals surface area contributed by atoms with Crippen molar-refractivity contribution in [2.24, 2.45) is 0 Å². The van der Waals surface area contributed by atoms with E-state index in [2.05, 4.69) is 15.0 Å². The highest BCUT2D eigenvalue weighted by molar-refractivity contribution is 7.91. The Labute approximate surface area is 117 Å². The summed E-state index contributed by atoms with van der Waals surface area (Å²) >= 11 is 0. The lowest BCUT2D eigenvalue weighted by Gasteiger charge is -2.27. The van der Waals surface area contributed by atoms with Crippen molar-refractivity contribution in [3.63, 3.8) is 0 Å². The number of anilines is 1. The maximum Gasteiger partial charge on any atom is 0.323 e. The lowest BCUT2D eigenvalue weighted by Crippen LogP contribution is -2.45. The van der Waals surface area contributed by atoms with Gasteiger partial charge in [-0.15, -0.1) is 0 Å². The minimum atomic E-state index is -3.06. The van der Waals surface area contributed by atoms with Crippen molar-refractivity contribution in [1.82, 2.24) is 10.1 Å². The number of ether oxygens (including phenoxy) is 1. The first-order valence-corrected chi connectivity index (χ1v) is 8.01. The summed E-state index contributed by atoms with van der Waals surface area (Å²) in [6.45, 7) is 0.656. The number of rotatable bonds is 5. The van der Waals surface area contributed by atoms with Crippen molar-refractivity contribution in [2.45, 2.75) is 12.5 Å². The van der Waals surface area contributed by atoms with Crippen LogP contribution >= 0.6 is 0 Å². The summed E-state index contributed by atoms with van der Waals surface area (Å²) in [6, 6.07) is 0.776. The van der Waals surface area contributed by atoms with Gasteiger partial charge >= 0.3 is 6.03 Å². The molecule has 0 radical (unpaired) electrons. The lowest BCUT2D eigenvalue weighted by molar-refractivity contribution is 0.140. The van der Waals surface area contributed by atoms with Crippen LogP contribution in [0, 0.1) is 0 Å². The Morgan fingerprint density at radius 1 is 1.65 bits per heavy atom. The van der Waals surface area contributed by atoms with Crippen LogP contribution in [0.25, 0.3) is 0 Å². The molecule has 8 nitrogen and oxygen atoms in total. The number of carbonyl (C=O) groups excluding carboxylic acids is 1. The summed E-state index contributed by atoms with van der Waals surface area (Å²) < 4.78 is 32.7. The molecular weight excluding hydrogens is 286 g/mol. The first-order valence-electron chi connectivity index (χ1n) is 6.19. The third-order valence-electron chi connectivity index (χ3n) is 3.12. The Balaban J connectivity index is 2.04. The van der Waals surface area contributed by atoms with E-state index >= 15 is 0 Å². The van der Waals surface area contributed by atoms with Gasteiger partial charge in [-0.2, -0.15) is 0 Å². The van der Waals surface area contributed by atoms with E-state index in [4.69, 9.17) is 4.74 Å². The molecule has 1 saturated heterocycles. The number of nitrogens with zero attached hydrogens (tertiary/aromatic N) is 2. The van der Waals surface area contributed by atoms with Gasteiger partial charge in [0.1, 0.15) is 6.26 Å². The van der Waals surface area contributed by atoms with E-state index in [-0.39, 0.29) is 17.5 Å². The molecule has 1 N–H and O–H groups in total. The first-order chi connectivity index (χ1) is 9.52. The Hall–Kier alpha value is -1.61. The van der Waals surface area contributed by atoms with E-state index in [9.17, 15) is 13.2 Å². The number of hydrogen-bond acceptors (Lipinski definition) is 6. The summed E-state index contributed by atoms with van der Waals surface area (Å²) in [6.07, 6.45) is 1.79. The molecule has 0 spiro atoms. The average Bonchev–Trinajstić information content (AvgIpc) is 3.00. The zero-order valence-corrected chi connectivity index (χ0v) is 11.9. The van der Waals surface area contributed by atoms with Gasteiger partial charge in [0.2, 0.25) is 0 Å². The van der Waals surface area contributed by atoms with Crippen molar-refractivity contribution >= 4 is 21.7 Å². The third-order valence-corrected chi connectivity index (χ3v) is 4.87. The van der Waals surface area contributed by atoms with Crippen LogP contribution in [0.1, 0.15) is 6.42 Å². The van der Waals surface area contributed by atoms with Gasteiger partial charge in [0.25, 0.3) is 0 Å². The summed E-state index contributed by atoms with van der Waals surface area (Å²) in [5, 5.41) is 6.16. The Kier molecular flexibility index (Phi) is 4.61. The third kappa shape index (κ3) is 3.70. The Morgan fingerprint density at radius 2 is 2.45 bits per heavy atom. The molecule has 112 valence electrons. The largest absolute Gasteiger partial charge is 0.383 e. The van der Waals surface area contributed by atoms with Crippen LogP contribution in [-0.2, 0) is 14.6 Å². The van der Waals surface area contributed by atoms with Crippen molar-refractivity contribution in [1.29, 1.82) is 0 Å². The second-order valence-corrected chi connectivity index (χ2v) is 6.79. The molecule has 9 heteroatoms. The molecule has 0 saturated carbocycles. The van der Waals surface area contributed by atoms with Crippen LogP contribution in [-0.4, -0.2) is 62.3 Å². The van der Waals surface area contributed by atoms with Gasteiger partial charge in [0, 0.05) is 25.8 Å². The maximum absolute atomic E-state index is 12.2. The topological polar surface area (TPSA) is 102 Å². The van der Waals surface area contributed by atoms with E-state index in [1.54, 1.807) is 0 Å². The fraction of sp³-hybridized carbons (Fsp3) is 0.636. The normalized spacial score (nSPS) is 20.8. The van der Waals surface area contributed by atoms with Gasteiger partial charge in [-0.05, 0) is 6.42 Å². The molecule has 1 aliphatic rings. The molecule has 1 unspecified atom stereocenters. The smallest absolute Gasteiger partial charge is 0.323 e. The number of hydrogen-bond donors (Lipinski definition) is 1. The summed E-state index contributed by atoms with van der Waals surface area (Å²) in [5.74, 6) is 0.389. The van der Waals surface area contributed by atoms with E-state index in [0.29, 0.717) is 25.4 Å². The zero-order chi connectivity index (χ0) is 14.6. The van der Waals surface area contributed by atoms with Crippen molar-refractivity contribution in [2.75, 3.05) is 37.1 Å². The molecule has 1 atom stereocenters. The van der Waals surface area contributed by atoms with Crippen LogP contribution in [0.3, 0.4) is 0 Å². The molecule has 1 aromatic rings. The number of methoxy groups -OCH3 is 1. The molecule has 0 aliphatic carbocycles. The van der Waals surface area contributed by atoms with E-state index in [1.807, 2.05) is 0 Å². The zero-order valence-electron chi connectivity index (χ0n) is 11.1. The fourth-order valence-corrected chi connectivity index (χ4v) is 3.85. The molecule has 0 aromatic carbocycles. The molecule has 2 amide bonds. The van der Waals surface area contributed by atoms with Crippen LogP contribution in [0.4, 0.5) is 10.6 Å². The molecule has 2 rings (SSSR count). The molecule has 1 aliphatic heterocycles. The minimum absolute atomic E-state index is 0.0110. The SMILES string of the molecule is COCCN(C(=O)Nc1ccon1)C1CCS(=O)(=O)C1. The van der Waals surface area contributed by atoms with Crippen molar-refractivity contribution < 1.29 is 22.5 Å². The van der Waals surface area contributed by atoms with Crippen LogP contribution < -0.4 is 5.32 Å². The second kappa shape index (κ2) is 6.23. The highest BCUT2D eigenvalue weighted by Crippen LogP contribution is 2.18. The standard InChI is InChI=1S/C11H17N3O5S/c1-18-6-4-14(9-3-7-20(16,17)8-9)11(15)12-10-2-5-19-13-10/h2,5,9H,3-4,6-8H2,1H3,(H,12,13,15). The Bertz CT molecular complexity index is 542. The summed E-state index contributed by atoms with van der Waals surface area (Å²) in [7, 11) is -1.53. The predicted octanol–water partition coefficient (Wildman–Crippen LogP) is 0.342. The first kappa shape index (κ1) is 14.8. The summed E-state index contributed by atoms with van der Waals surface area (Å²) in [4.78, 5) is 13.7. The number of amides is 2. The van der Waals surface area contributed by atoms with Crippen molar-refractivity contribution in [3.05, 3.63) is 12.3 Å². The molecule has 1 fully saturated rings. The van der Waals surface area contributed by atoms with E-state index in [0.717, 1.165) is 0 Å². The number of aromatic nitrogens is 1. The molecule has 20 heavy (non-hydrogen) atoms. The minimum Gasteiger partial charge on any atom is -0.383 e. The number of sulfone groups is 1. The van der Waals surface area contributed by atoms with Crippen molar-refractivity contribution in [3.8, 4) is 0 Å². The average molecular weight is 303 g/mol. The second-order valence-electron chi connectivity index (χ2n) is 4.56. The molecular formula is C11H17N3O5S. The lowest BCUT2D eigenvalue weighted by atomic mass is 10.2. The quantitative estimate of drug-likeness (QED) is 0.841. The van der Waals surface area contributed by atoms with Gasteiger partial charge in [-0.1, -0.05) is 5.16 Å². The fourth-order valence-electron chi connectivity index (χ4n) is 2.12. The molecule has 0 bridgehead atoms. The highest BCUT2D eigenvalue weighted by Gasteiger charge is 2.34. The molecule has 1 aromatic heterocycles. The monoisotopic (exact) mass is 303 g/mol. The number of urea groups is 1. The predicted molar refractivity (Wildman–Crippen MR) is 71.2 cm³/mol. The van der Waals surface area contributed by atoms with E-state index in [1.165, 1.54) is 24.3 Å². The van der Waals surface area contributed by atoms with Gasteiger partial charge < -0.3 is 14.2 Å². The van der Waals surface area contributed by atoms with E-state index < -0.39 is 15.9 Å². The maximum atomic E-state index is 12.2. The number of nitrogens with one attached hydrogen (secondary N) is 1. The highest BCUT2D eigenvalue weighted by atomic mass is 32.2. The van der Waals surface area contributed by atoms with Gasteiger partial charge in [-0.3, -0.25) is 5.32 Å². The van der Waals surface area contributed by atoms with Crippen LogP contribution in [0.5, 0.6) is 0 Å². The van der Waals surface area contributed by atoms with Crippen LogP contribution in [0.2, 0.25) is 0 Å². The van der Waals surface area contributed by atoms with Gasteiger partial charge in [0.05, 0.1) is 18.1 Å². The number of carbonyl (C=O) groups is 1. The Morgan fingerprint density at radius 3 is 3.00 bits per heavy atom.